The van der Waals surface area contributed by atoms with Crippen molar-refractivity contribution < 1.29 is 18.3 Å². The van der Waals surface area contributed by atoms with Gasteiger partial charge in [-0.3, -0.25) is 4.57 Å². The lowest BCUT2D eigenvalue weighted by atomic mass is 10.2. The molecule has 0 aliphatic carbocycles. The van der Waals surface area contributed by atoms with Crippen LogP contribution in [0.3, 0.4) is 0 Å². The predicted octanol–water partition coefficient (Wildman–Crippen LogP) is 5.21. The van der Waals surface area contributed by atoms with Gasteiger partial charge in [0.2, 0.25) is 0 Å². The van der Waals surface area contributed by atoms with E-state index in [2.05, 4.69) is 5.32 Å². The third kappa shape index (κ3) is 4.06. The van der Waals surface area contributed by atoms with Crippen molar-refractivity contribution in [2.45, 2.75) is 38.8 Å². The summed E-state index contributed by atoms with van der Waals surface area (Å²) in [5.74, 6) is 0.191. The minimum Gasteiger partial charge on any atom is -0.494 e. The van der Waals surface area contributed by atoms with E-state index in [0.717, 1.165) is 17.0 Å². The number of hydrogen-bond donors (Lipinski definition) is 1. The van der Waals surface area contributed by atoms with E-state index in [0.29, 0.717) is 6.61 Å². The zero-order valence-electron chi connectivity index (χ0n) is 14.7. The summed E-state index contributed by atoms with van der Waals surface area (Å²) in [5, 5.41) is 3.32. The van der Waals surface area contributed by atoms with Gasteiger partial charge in [0.15, 0.2) is 5.78 Å². The van der Waals surface area contributed by atoms with E-state index < -0.39 is 13.4 Å². The first-order valence-corrected chi connectivity index (χ1v) is 10.1. The molecular formula is C19H24NO4P. The lowest BCUT2D eigenvalue weighted by molar-refractivity contribution is 0.187. The Morgan fingerprint density at radius 2 is 1.64 bits per heavy atom. The second-order valence-electron chi connectivity index (χ2n) is 6.08. The van der Waals surface area contributed by atoms with E-state index in [1.165, 1.54) is 0 Å². The maximum atomic E-state index is 13.4. The Bertz CT molecular complexity index is 721. The zero-order valence-corrected chi connectivity index (χ0v) is 15.6. The van der Waals surface area contributed by atoms with Gasteiger partial charge in [0.05, 0.1) is 18.8 Å². The van der Waals surface area contributed by atoms with Crippen LogP contribution in [0, 0.1) is 0 Å². The molecule has 3 rings (SSSR count). The van der Waals surface area contributed by atoms with Crippen LogP contribution in [0.25, 0.3) is 0 Å². The highest BCUT2D eigenvalue weighted by Gasteiger charge is 2.47. The fourth-order valence-corrected chi connectivity index (χ4v) is 5.14. The van der Waals surface area contributed by atoms with Crippen molar-refractivity contribution in [3.63, 3.8) is 0 Å². The fraction of sp³-hybridized carbons (Fsp3) is 0.368. The minimum atomic E-state index is -3.36. The molecule has 1 fully saturated rings. The number of para-hydroxylation sites is 1. The minimum absolute atomic E-state index is 0.214. The van der Waals surface area contributed by atoms with Gasteiger partial charge < -0.3 is 19.1 Å². The van der Waals surface area contributed by atoms with Gasteiger partial charge in [0, 0.05) is 5.69 Å². The molecule has 1 N–H and O–H groups in total. The molecular weight excluding hydrogens is 337 g/mol. The van der Waals surface area contributed by atoms with Gasteiger partial charge in [0.1, 0.15) is 5.75 Å². The number of anilines is 1. The van der Waals surface area contributed by atoms with Crippen LogP contribution in [0.4, 0.5) is 5.69 Å². The average Bonchev–Trinajstić information content (AvgIpc) is 2.88. The van der Waals surface area contributed by atoms with Gasteiger partial charge in [0.25, 0.3) is 0 Å². The Kier molecular flexibility index (Phi) is 5.48. The van der Waals surface area contributed by atoms with E-state index in [1.807, 2.05) is 75.4 Å². The Morgan fingerprint density at radius 3 is 2.20 bits per heavy atom. The van der Waals surface area contributed by atoms with Crippen molar-refractivity contribution in [1.29, 1.82) is 0 Å². The van der Waals surface area contributed by atoms with Gasteiger partial charge >= 0.3 is 7.60 Å². The molecule has 0 spiro atoms. The van der Waals surface area contributed by atoms with Crippen LogP contribution < -0.4 is 10.1 Å². The normalized spacial score (nSPS) is 23.2. The smallest absolute Gasteiger partial charge is 0.357 e. The summed E-state index contributed by atoms with van der Waals surface area (Å²) in [4.78, 5) is 0. The molecule has 1 heterocycles. The van der Waals surface area contributed by atoms with Crippen molar-refractivity contribution in [1.82, 2.24) is 0 Å². The van der Waals surface area contributed by atoms with Gasteiger partial charge in [-0.2, -0.15) is 0 Å². The van der Waals surface area contributed by atoms with Crippen LogP contribution in [0.15, 0.2) is 54.6 Å². The van der Waals surface area contributed by atoms with Crippen molar-refractivity contribution >= 4 is 13.3 Å². The monoisotopic (exact) mass is 361 g/mol. The van der Waals surface area contributed by atoms with Crippen LogP contribution in [-0.2, 0) is 13.6 Å². The van der Waals surface area contributed by atoms with Crippen LogP contribution in [0.5, 0.6) is 5.75 Å². The Hall–Kier alpha value is -1.81. The fourth-order valence-electron chi connectivity index (χ4n) is 2.73. The summed E-state index contributed by atoms with van der Waals surface area (Å²) >= 11 is 0. The number of benzene rings is 2. The van der Waals surface area contributed by atoms with Gasteiger partial charge in [-0.25, -0.2) is 0 Å². The molecule has 0 unspecified atom stereocenters. The standard InChI is InChI=1S/C19H24NO4P/c1-4-22-18-12-10-16(11-13-18)19(20-17-8-6-5-7-9-17)25(21)23-14(2)15(3)24-25/h5-15,19-20H,4H2,1-3H3/t14-,15-,19+/m0/s1. The number of rotatable bonds is 6. The summed E-state index contributed by atoms with van der Waals surface area (Å²) < 4.78 is 30.4. The number of nitrogens with one attached hydrogen (secondary N) is 1. The van der Waals surface area contributed by atoms with Crippen molar-refractivity contribution in [3.05, 3.63) is 60.2 Å². The van der Waals surface area contributed by atoms with E-state index in [4.69, 9.17) is 13.8 Å². The first kappa shape index (κ1) is 18.0. The first-order chi connectivity index (χ1) is 12.0. The molecule has 134 valence electrons. The third-order valence-corrected chi connectivity index (χ3v) is 6.50. The number of hydrogen-bond acceptors (Lipinski definition) is 5. The quantitative estimate of drug-likeness (QED) is 0.716. The van der Waals surface area contributed by atoms with E-state index in [1.54, 1.807) is 0 Å². The van der Waals surface area contributed by atoms with Crippen molar-refractivity contribution in [2.75, 3.05) is 11.9 Å². The maximum Gasteiger partial charge on any atom is 0.357 e. The third-order valence-electron chi connectivity index (χ3n) is 4.19. The highest BCUT2D eigenvalue weighted by Crippen LogP contribution is 2.66. The lowest BCUT2D eigenvalue weighted by Gasteiger charge is -2.25. The molecule has 2 aromatic carbocycles. The Morgan fingerprint density at radius 1 is 1.04 bits per heavy atom. The molecule has 1 saturated heterocycles. The van der Waals surface area contributed by atoms with E-state index in [-0.39, 0.29) is 12.2 Å². The van der Waals surface area contributed by atoms with Gasteiger partial charge in [-0.15, -0.1) is 0 Å². The molecule has 5 nitrogen and oxygen atoms in total. The van der Waals surface area contributed by atoms with Gasteiger partial charge in [-0.1, -0.05) is 30.3 Å². The van der Waals surface area contributed by atoms with Crippen LogP contribution in [0.2, 0.25) is 0 Å². The summed E-state index contributed by atoms with van der Waals surface area (Å²) in [7, 11) is -3.36. The van der Waals surface area contributed by atoms with Crippen LogP contribution >= 0.6 is 7.60 Å². The molecule has 25 heavy (non-hydrogen) atoms. The van der Waals surface area contributed by atoms with Gasteiger partial charge in [-0.05, 0) is 50.6 Å². The lowest BCUT2D eigenvalue weighted by Crippen LogP contribution is -2.13. The highest BCUT2D eigenvalue weighted by atomic mass is 31.2. The molecule has 0 amide bonds. The molecule has 3 atom stereocenters. The van der Waals surface area contributed by atoms with E-state index in [9.17, 15) is 4.57 Å². The molecule has 0 radical (unpaired) electrons. The largest absolute Gasteiger partial charge is 0.494 e. The SMILES string of the molecule is CCOc1ccc([C@H](Nc2ccccc2)P2(=O)O[C@@H](C)[C@H](C)O2)cc1. The van der Waals surface area contributed by atoms with Crippen molar-refractivity contribution in [2.24, 2.45) is 0 Å². The number of ether oxygens (including phenoxy) is 1. The van der Waals surface area contributed by atoms with E-state index >= 15 is 0 Å². The van der Waals surface area contributed by atoms with Crippen molar-refractivity contribution in [3.8, 4) is 5.75 Å². The molecule has 2 aromatic rings. The predicted molar refractivity (Wildman–Crippen MR) is 99.1 cm³/mol. The molecule has 0 saturated carbocycles. The molecule has 1 aliphatic heterocycles. The average molecular weight is 361 g/mol. The second kappa shape index (κ2) is 7.61. The molecule has 6 heteroatoms. The van der Waals surface area contributed by atoms with Crippen LogP contribution in [-0.4, -0.2) is 18.8 Å². The first-order valence-electron chi connectivity index (χ1n) is 8.52. The Labute approximate surface area is 148 Å². The summed E-state index contributed by atoms with van der Waals surface area (Å²) in [5.41, 5.74) is 1.69. The summed E-state index contributed by atoms with van der Waals surface area (Å²) in [6.45, 7) is 6.30. The molecule has 0 bridgehead atoms. The zero-order chi connectivity index (χ0) is 17.9. The molecule has 1 aliphatic rings. The highest BCUT2D eigenvalue weighted by molar-refractivity contribution is 7.54. The topological polar surface area (TPSA) is 56.8 Å². The molecule has 0 aromatic heterocycles. The Balaban J connectivity index is 1.93. The summed E-state index contributed by atoms with van der Waals surface area (Å²) in [6.07, 6.45) is -0.429. The summed E-state index contributed by atoms with van der Waals surface area (Å²) in [6, 6.07) is 17.2. The maximum absolute atomic E-state index is 13.4. The van der Waals surface area contributed by atoms with Crippen LogP contribution in [0.1, 0.15) is 32.1 Å². The second-order valence-corrected chi connectivity index (χ2v) is 8.09.